The first kappa shape index (κ1) is 32.8. The van der Waals surface area contributed by atoms with Crippen LogP contribution in [-0.2, 0) is 13.2 Å². The smallest absolute Gasteiger partial charge is 0.343 e. The number of ether oxygens (including phenoxy) is 3. The maximum atomic E-state index is 12.9. The zero-order chi connectivity index (χ0) is 34.9. The van der Waals surface area contributed by atoms with Crippen LogP contribution in [0.2, 0.25) is 0 Å². The quantitative estimate of drug-likeness (QED) is 0.0664. The number of aromatic nitrogens is 1. The van der Waals surface area contributed by atoms with Gasteiger partial charge in [-0.2, -0.15) is 0 Å². The van der Waals surface area contributed by atoms with Gasteiger partial charge in [-0.25, -0.2) is 4.79 Å². The molecule has 0 aliphatic carbocycles. The van der Waals surface area contributed by atoms with Crippen molar-refractivity contribution in [3.8, 4) is 17.2 Å². The second-order valence-electron chi connectivity index (χ2n) is 10.8. The third-order valence-corrected chi connectivity index (χ3v) is 7.48. The third kappa shape index (κ3) is 7.89. The molecule has 0 aliphatic heterocycles. The summed E-state index contributed by atoms with van der Waals surface area (Å²) in [4.78, 5) is 41.5. The van der Waals surface area contributed by atoms with Crippen LogP contribution in [0.4, 0.5) is 28.4 Å². The Morgan fingerprint density at radius 2 is 1.12 bits per heavy atom. The number of hydrogen-bond donors (Lipinski definition) is 0. The van der Waals surface area contributed by atoms with E-state index in [0.717, 1.165) is 11.1 Å². The number of nitrogens with zero attached hydrogens (tertiary/aromatic N) is 4. The van der Waals surface area contributed by atoms with Crippen molar-refractivity contribution in [3.63, 3.8) is 0 Å². The SMILES string of the molecule is O=C(Oc1cccnc1)c1ccc(N(c2ccc([N+](=O)[O-])c(OCc3ccccc3)c2)c2ccc([N+](=O)[O-])c(OCc3ccccc3)c2)cc1. The average Bonchev–Trinajstić information content (AvgIpc) is 3.14. The first-order chi connectivity index (χ1) is 24.4. The highest BCUT2D eigenvalue weighted by molar-refractivity contribution is 5.92. The van der Waals surface area contributed by atoms with Crippen molar-refractivity contribution in [2.75, 3.05) is 4.90 Å². The van der Waals surface area contributed by atoms with Crippen LogP contribution in [0.1, 0.15) is 21.5 Å². The van der Waals surface area contributed by atoms with Crippen LogP contribution in [0.5, 0.6) is 17.2 Å². The van der Waals surface area contributed by atoms with Crippen molar-refractivity contribution >= 4 is 34.4 Å². The highest BCUT2D eigenvalue weighted by Gasteiger charge is 2.24. The highest BCUT2D eigenvalue weighted by atomic mass is 16.6. The lowest BCUT2D eigenvalue weighted by Gasteiger charge is -2.26. The fraction of sp³-hybridized carbons (Fsp3) is 0.0526. The largest absolute Gasteiger partial charge is 0.482 e. The molecule has 0 fully saturated rings. The molecule has 12 nitrogen and oxygen atoms in total. The van der Waals surface area contributed by atoms with Crippen molar-refractivity contribution in [2.45, 2.75) is 13.2 Å². The lowest BCUT2D eigenvalue weighted by Crippen LogP contribution is -2.13. The summed E-state index contributed by atoms with van der Waals surface area (Å²) in [5, 5.41) is 24.0. The van der Waals surface area contributed by atoms with Crippen molar-refractivity contribution < 1.29 is 28.9 Å². The van der Waals surface area contributed by atoms with E-state index in [-0.39, 0.29) is 47.4 Å². The number of nitro groups is 2. The maximum Gasteiger partial charge on any atom is 0.343 e. The van der Waals surface area contributed by atoms with Gasteiger partial charge in [0.05, 0.1) is 33.0 Å². The second-order valence-corrected chi connectivity index (χ2v) is 10.8. The fourth-order valence-electron chi connectivity index (χ4n) is 5.05. The molecule has 0 amide bonds. The predicted octanol–water partition coefficient (Wildman–Crippen LogP) is 8.75. The third-order valence-electron chi connectivity index (χ3n) is 7.48. The Bertz CT molecular complexity index is 2010. The van der Waals surface area contributed by atoms with Gasteiger partial charge in [0.15, 0.2) is 11.5 Å². The number of carbonyl (C=O) groups is 1. The standard InChI is InChI=1S/C38H28N4O8/c43-38(50-33-12-7-21-39-24-33)29-13-15-30(16-14-29)40(31-17-19-34(41(44)45)36(22-31)48-25-27-8-3-1-4-9-27)32-18-20-35(42(46)47)37(23-32)49-26-28-10-5-2-6-11-28/h1-24H,25-26H2. The molecule has 50 heavy (non-hydrogen) atoms. The minimum atomic E-state index is -0.602. The van der Waals surface area contributed by atoms with Crippen LogP contribution in [0.15, 0.2) is 146 Å². The fourth-order valence-corrected chi connectivity index (χ4v) is 5.05. The summed E-state index contributed by atoms with van der Waals surface area (Å²) in [6.07, 6.45) is 2.99. The lowest BCUT2D eigenvalue weighted by atomic mass is 10.1. The summed E-state index contributed by atoms with van der Waals surface area (Å²) >= 11 is 0. The molecule has 0 saturated carbocycles. The Hall–Kier alpha value is -7.08. The molecular formula is C38H28N4O8. The summed E-state index contributed by atoms with van der Waals surface area (Å²) in [7, 11) is 0. The van der Waals surface area contributed by atoms with Crippen LogP contribution < -0.4 is 19.1 Å². The molecule has 248 valence electrons. The van der Waals surface area contributed by atoms with Crippen molar-refractivity contribution in [1.29, 1.82) is 0 Å². The number of esters is 1. The van der Waals surface area contributed by atoms with Gasteiger partial charge in [0, 0.05) is 36.1 Å². The number of carbonyl (C=O) groups excluding carboxylic acids is 1. The molecule has 0 atom stereocenters. The first-order valence-corrected chi connectivity index (χ1v) is 15.3. The van der Waals surface area contributed by atoms with Crippen LogP contribution in [0, 0.1) is 20.2 Å². The summed E-state index contributed by atoms with van der Waals surface area (Å²) in [5.41, 5.74) is 2.79. The number of rotatable bonds is 13. The molecule has 0 N–H and O–H groups in total. The molecule has 0 unspecified atom stereocenters. The minimum absolute atomic E-state index is 0.0143. The number of pyridine rings is 1. The van der Waals surface area contributed by atoms with E-state index in [1.807, 2.05) is 60.7 Å². The molecule has 12 heteroatoms. The predicted molar refractivity (Wildman–Crippen MR) is 185 cm³/mol. The molecule has 0 aliphatic rings. The van der Waals surface area contributed by atoms with Gasteiger partial charge >= 0.3 is 17.3 Å². The van der Waals surface area contributed by atoms with Gasteiger partial charge in [0.2, 0.25) is 0 Å². The second kappa shape index (κ2) is 15.2. The number of benzene rings is 5. The molecule has 5 aromatic carbocycles. The molecule has 6 aromatic rings. The van der Waals surface area contributed by atoms with Gasteiger partial charge in [-0.3, -0.25) is 25.2 Å². The van der Waals surface area contributed by atoms with Crippen LogP contribution in [0.3, 0.4) is 0 Å². The molecule has 6 rings (SSSR count). The number of anilines is 3. The van der Waals surface area contributed by atoms with E-state index in [4.69, 9.17) is 14.2 Å². The van der Waals surface area contributed by atoms with Crippen molar-refractivity contribution in [2.24, 2.45) is 0 Å². The van der Waals surface area contributed by atoms with Crippen LogP contribution in [0.25, 0.3) is 0 Å². The van der Waals surface area contributed by atoms with E-state index < -0.39 is 15.8 Å². The highest BCUT2D eigenvalue weighted by Crippen LogP contribution is 2.42. The van der Waals surface area contributed by atoms with Gasteiger partial charge in [-0.1, -0.05) is 60.7 Å². The summed E-state index contributed by atoms with van der Waals surface area (Å²) in [5.74, 6) is -0.290. The molecule has 1 heterocycles. The number of hydrogen-bond acceptors (Lipinski definition) is 10. The molecule has 0 bridgehead atoms. The Morgan fingerprint density at radius 3 is 1.58 bits per heavy atom. The number of nitro benzene ring substituents is 2. The van der Waals surface area contributed by atoms with Gasteiger partial charge in [-0.05, 0) is 59.7 Å². The van der Waals surface area contributed by atoms with E-state index in [1.165, 1.54) is 30.5 Å². The zero-order valence-corrected chi connectivity index (χ0v) is 26.3. The van der Waals surface area contributed by atoms with Crippen molar-refractivity contribution in [3.05, 3.63) is 183 Å². The van der Waals surface area contributed by atoms with Crippen LogP contribution >= 0.6 is 0 Å². The molecule has 0 radical (unpaired) electrons. The van der Waals surface area contributed by atoms with Gasteiger partial charge in [0.1, 0.15) is 19.0 Å². The van der Waals surface area contributed by atoms with E-state index in [2.05, 4.69) is 4.98 Å². The van der Waals surface area contributed by atoms with E-state index in [1.54, 1.807) is 59.6 Å². The Kier molecular flexibility index (Phi) is 10.00. The normalized spacial score (nSPS) is 10.6. The van der Waals surface area contributed by atoms with Gasteiger partial charge < -0.3 is 19.1 Å². The molecule has 0 saturated heterocycles. The summed E-state index contributed by atoms with van der Waals surface area (Å²) in [6, 6.07) is 37.0. The lowest BCUT2D eigenvalue weighted by molar-refractivity contribution is -0.386. The van der Waals surface area contributed by atoms with E-state index >= 15 is 0 Å². The van der Waals surface area contributed by atoms with Crippen LogP contribution in [-0.4, -0.2) is 20.8 Å². The Labute approximate surface area is 286 Å². The molecule has 0 spiro atoms. The first-order valence-electron chi connectivity index (χ1n) is 15.3. The average molecular weight is 669 g/mol. The minimum Gasteiger partial charge on any atom is -0.482 e. The topological polar surface area (TPSA) is 147 Å². The monoisotopic (exact) mass is 668 g/mol. The molecule has 1 aromatic heterocycles. The zero-order valence-electron chi connectivity index (χ0n) is 26.3. The summed E-state index contributed by atoms with van der Waals surface area (Å²) < 4.78 is 17.4. The van der Waals surface area contributed by atoms with Crippen molar-refractivity contribution in [1.82, 2.24) is 4.98 Å². The van der Waals surface area contributed by atoms with Gasteiger partial charge in [0.25, 0.3) is 0 Å². The van der Waals surface area contributed by atoms with E-state index in [9.17, 15) is 25.0 Å². The van der Waals surface area contributed by atoms with E-state index in [0.29, 0.717) is 17.1 Å². The van der Waals surface area contributed by atoms with Gasteiger partial charge in [-0.15, -0.1) is 0 Å². The Balaban J connectivity index is 1.40. The maximum absolute atomic E-state index is 12.9. The molecular weight excluding hydrogens is 640 g/mol. The summed E-state index contributed by atoms with van der Waals surface area (Å²) in [6.45, 7) is 0.155. The Morgan fingerprint density at radius 1 is 0.620 bits per heavy atom.